The molecule has 0 unspecified atom stereocenters. The Bertz CT molecular complexity index is 958. The SMILES string of the molecule is O=C1C=C(NC2C3CC4CC(C3)CC2C4)O/C1=C\c1c[nH]c2ncccc12. The van der Waals surface area contributed by atoms with Crippen molar-refractivity contribution in [3.63, 3.8) is 0 Å². The minimum absolute atomic E-state index is 0.0699. The molecule has 1 aliphatic heterocycles. The molecule has 0 amide bonds. The molecule has 0 aromatic carbocycles. The number of carbonyl (C=O) groups is 1. The predicted octanol–water partition coefficient (Wildman–Crippen LogP) is 3.76. The first-order valence-corrected chi connectivity index (χ1v) is 10.1. The van der Waals surface area contributed by atoms with Crippen molar-refractivity contribution in [3.8, 4) is 0 Å². The van der Waals surface area contributed by atoms with Gasteiger partial charge in [-0.1, -0.05) is 0 Å². The lowest BCUT2D eigenvalue weighted by Crippen LogP contribution is -2.54. The van der Waals surface area contributed by atoms with Crippen LogP contribution >= 0.6 is 0 Å². The monoisotopic (exact) mass is 361 g/mol. The molecular formula is C22H23N3O2. The first kappa shape index (κ1) is 15.5. The number of fused-ring (bicyclic) bond motifs is 1. The Balaban J connectivity index is 1.21. The maximum absolute atomic E-state index is 12.5. The second kappa shape index (κ2) is 5.72. The molecule has 27 heavy (non-hydrogen) atoms. The molecule has 0 atom stereocenters. The van der Waals surface area contributed by atoms with Gasteiger partial charge in [0.05, 0.1) is 0 Å². The summed E-state index contributed by atoms with van der Waals surface area (Å²) in [6, 6.07) is 4.35. The molecule has 7 rings (SSSR count). The van der Waals surface area contributed by atoms with Crippen molar-refractivity contribution in [1.82, 2.24) is 15.3 Å². The summed E-state index contributed by atoms with van der Waals surface area (Å²) in [7, 11) is 0. The Morgan fingerprint density at radius 3 is 2.70 bits per heavy atom. The van der Waals surface area contributed by atoms with Gasteiger partial charge in [0, 0.05) is 35.5 Å². The van der Waals surface area contributed by atoms with E-state index in [1.54, 1.807) is 12.3 Å². The molecule has 0 saturated heterocycles. The number of ketones is 1. The molecule has 4 fully saturated rings. The molecule has 0 radical (unpaired) electrons. The Morgan fingerprint density at radius 2 is 1.93 bits per heavy atom. The van der Waals surface area contributed by atoms with Crippen LogP contribution in [0.2, 0.25) is 0 Å². The fraction of sp³-hybridized carbons (Fsp3) is 0.455. The van der Waals surface area contributed by atoms with Crippen molar-refractivity contribution in [1.29, 1.82) is 0 Å². The maximum atomic E-state index is 12.5. The van der Waals surface area contributed by atoms with Crippen molar-refractivity contribution in [2.75, 3.05) is 0 Å². The average molecular weight is 361 g/mol. The molecule has 3 heterocycles. The van der Waals surface area contributed by atoms with Crippen LogP contribution in [0.15, 0.2) is 42.2 Å². The molecule has 5 aliphatic rings. The number of allylic oxidation sites excluding steroid dienone is 1. The number of carbonyl (C=O) groups excluding carboxylic acids is 1. The minimum Gasteiger partial charge on any atom is -0.437 e. The normalized spacial score (nSPS) is 35.7. The van der Waals surface area contributed by atoms with Crippen molar-refractivity contribution in [2.45, 2.75) is 38.1 Å². The van der Waals surface area contributed by atoms with E-state index in [9.17, 15) is 4.79 Å². The number of nitrogens with zero attached hydrogens (tertiary/aromatic N) is 1. The van der Waals surface area contributed by atoms with Gasteiger partial charge in [0.25, 0.3) is 0 Å². The van der Waals surface area contributed by atoms with Crippen molar-refractivity contribution >= 4 is 22.9 Å². The summed E-state index contributed by atoms with van der Waals surface area (Å²) in [6.07, 6.45) is 13.9. The molecule has 138 valence electrons. The third-order valence-electron chi connectivity index (χ3n) is 7.03. The van der Waals surface area contributed by atoms with E-state index < -0.39 is 0 Å². The highest BCUT2D eigenvalue weighted by molar-refractivity contribution is 6.08. The summed E-state index contributed by atoms with van der Waals surface area (Å²) < 4.78 is 5.93. The fourth-order valence-corrected chi connectivity index (χ4v) is 6.12. The Morgan fingerprint density at radius 1 is 1.15 bits per heavy atom. The van der Waals surface area contributed by atoms with Crippen molar-refractivity contribution < 1.29 is 9.53 Å². The van der Waals surface area contributed by atoms with Crippen LogP contribution in [0.5, 0.6) is 0 Å². The molecule has 5 heteroatoms. The van der Waals surface area contributed by atoms with Gasteiger partial charge in [-0.05, 0) is 74.0 Å². The van der Waals surface area contributed by atoms with Crippen LogP contribution in [0.4, 0.5) is 0 Å². The second-order valence-electron chi connectivity index (χ2n) is 8.73. The number of rotatable bonds is 3. The number of aromatic nitrogens is 2. The van der Waals surface area contributed by atoms with Crippen LogP contribution in [0.1, 0.15) is 37.7 Å². The Kier molecular flexibility index (Phi) is 3.28. The molecule has 2 N–H and O–H groups in total. The van der Waals surface area contributed by atoms with Gasteiger partial charge in [-0.25, -0.2) is 4.98 Å². The van der Waals surface area contributed by atoms with Gasteiger partial charge < -0.3 is 15.0 Å². The summed E-state index contributed by atoms with van der Waals surface area (Å²) in [5, 5.41) is 4.58. The Hall–Kier alpha value is -2.56. The molecule has 4 bridgehead atoms. The largest absolute Gasteiger partial charge is 0.437 e. The third kappa shape index (κ3) is 2.52. The lowest BCUT2D eigenvalue weighted by molar-refractivity contribution is -0.112. The smallest absolute Gasteiger partial charge is 0.226 e. The van der Waals surface area contributed by atoms with Gasteiger partial charge in [0.15, 0.2) is 11.6 Å². The standard InChI is InChI=1S/C22H23N3O2/c26-18-10-20(25-21-14-5-12-4-13(7-14)8-15(21)6-12)27-19(18)9-16-11-24-22-17(16)2-1-3-23-22/h1-3,9-15,21,25H,4-8H2,(H,23,24)/b19-9-. The van der Waals surface area contributed by atoms with Gasteiger partial charge in [0.2, 0.25) is 5.78 Å². The second-order valence-corrected chi connectivity index (χ2v) is 8.73. The molecule has 2 aromatic rings. The van der Waals surface area contributed by atoms with Crippen LogP contribution in [0, 0.1) is 23.7 Å². The average Bonchev–Trinajstić information content (AvgIpc) is 3.22. The number of hydrogen-bond donors (Lipinski definition) is 2. The van der Waals surface area contributed by atoms with E-state index in [0.717, 1.165) is 40.3 Å². The molecule has 4 saturated carbocycles. The van der Waals surface area contributed by atoms with E-state index in [-0.39, 0.29) is 5.78 Å². The number of H-pyrrole nitrogens is 1. The zero-order valence-corrected chi connectivity index (χ0v) is 15.2. The Labute approximate surface area is 157 Å². The molecule has 5 nitrogen and oxygen atoms in total. The summed E-state index contributed by atoms with van der Waals surface area (Å²) in [6.45, 7) is 0. The number of pyridine rings is 1. The van der Waals surface area contributed by atoms with E-state index in [2.05, 4.69) is 15.3 Å². The summed E-state index contributed by atoms with van der Waals surface area (Å²) in [5.74, 6) is 4.31. The summed E-state index contributed by atoms with van der Waals surface area (Å²) in [5.41, 5.74) is 1.74. The van der Waals surface area contributed by atoms with Crippen LogP contribution in [-0.2, 0) is 9.53 Å². The highest BCUT2D eigenvalue weighted by atomic mass is 16.5. The van der Waals surface area contributed by atoms with Crippen molar-refractivity contribution in [2.24, 2.45) is 23.7 Å². The van der Waals surface area contributed by atoms with Gasteiger partial charge in [-0.15, -0.1) is 0 Å². The number of nitrogens with one attached hydrogen (secondary N) is 2. The minimum atomic E-state index is -0.0699. The highest BCUT2D eigenvalue weighted by Crippen LogP contribution is 2.54. The lowest BCUT2D eigenvalue weighted by atomic mass is 9.54. The van der Waals surface area contributed by atoms with E-state index in [1.165, 1.54) is 32.1 Å². The van der Waals surface area contributed by atoms with Gasteiger partial charge in [0.1, 0.15) is 5.65 Å². The van der Waals surface area contributed by atoms with Crippen LogP contribution in [0.3, 0.4) is 0 Å². The van der Waals surface area contributed by atoms with Gasteiger partial charge in [-0.3, -0.25) is 4.79 Å². The maximum Gasteiger partial charge on any atom is 0.226 e. The molecule has 0 spiro atoms. The zero-order valence-electron chi connectivity index (χ0n) is 15.2. The predicted molar refractivity (Wildman–Crippen MR) is 102 cm³/mol. The number of hydrogen-bond acceptors (Lipinski definition) is 4. The number of ether oxygens (including phenoxy) is 1. The molecule has 4 aliphatic carbocycles. The van der Waals surface area contributed by atoms with E-state index in [0.29, 0.717) is 17.7 Å². The molecular weight excluding hydrogens is 338 g/mol. The fourth-order valence-electron chi connectivity index (χ4n) is 6.12. The first-order chi connectivity index (χ1) is 13.2. The van der Waals surface area contributed by atoms with Crippen LogP contribution in [0.25, 0.3) is 17.1 Å². The van der Waals surface area contributed by atoms with Crippen LogP contribution < -0.4 is 5.32 Å². The van der Waals surface area contributed by atoms with E-state index >= 15 is 0 Å². The number of aromatic amines is 1. The van der Waals surface area contributed by atoms with Gasteiger partial charge in [-0.2, -0.15) is 0 Å². The molecule has 2 aromatic heterocycles. The highest BCUT2D eigenvalue weighted by Gasteiger charge is 2.48. The van der Waals surface area contributed by atoms with E-state index in [1.807, 2.05) is 24.4 Å². The van der Waals surface area contributed by atoms with E-state index in [4.69, 9.17) is 4.74 Å². The third-order valence-corrected chi connectivity index (χ3v) is 7.03. The topological polar surface area (TPSA) is 67.0 Å². The first-order valence-electron chi connectivity index (χ1n) is 10.1. The van der Waals surface area contributed by atoms with Gasteiger partial charge >= 0.3 is 0 Å². The van der Waals surface area contributed by atoms with Crippen molar-refractivity contribution in [3.05, 3.63) is 47.8 Å². The quantitative estimate of drug-likeness (QED) is 0.817. The summed E-state index contributed by atoms with van der Waals surface area (Å²) >= 11 is 0. The zero-order chi connectivity index (χ0) is 18.0. The summed E-state index contributed by atoms with van der Waals surface area (Å²) in [4.78, 5) is 19.9. The van der Waals surface area contributed by atoms with Crippen LogP contribution in [-0.4, -0.2) is 21.8 Å². The lowest BCUT2D eigenvalue weighted by Gasteiger charge is -2.54.